The van der Waals surface area contributed by atoms with Crippen molar-refractivity contribution < 1.29 is 20.4 Å². The Morgan fingerprint density at radius 1 is 0.630 bits per heavy atom. The summed E-state index contributed by atoms with van der Waals surface area (Å²) in [6.07, 6.45) is 0.418. The van der Waals surface area contributed by atoms with Crippen LogP contribution in [0.5, 0.6) is 0 Å². The van der Waals surface area contributed by atoms with Crippen molar-refractivity contribution >= 4 is 0 Å². The van der Waals surface area contributed by atoms with Gasteiger partial charge >= 0.3 is 0 Å². The van der Waals surface area contributed by atoms with Gasteiger partial charge in [0.1, 0.15) is 0 Å². The van der Waals surface area contributed by atoms with E-state index >= 15 is 0 Å². The van der Waals surface area contributed by atoms with Crippen molar-refractivity contribution in [3.8, 4) is 0 Å². The predicted octanol–water partition coefficient (Wildman–Crippen LogP) is 1.56. The molecule has 0 heterocycles. The Morgan fingerprint density at radius 2 is 1.00 bits per heavy atom. The zero-order valence-electron chi connectivity index (χ0n) is 18.7. The van der Waals surface area contributed by atoms with E-state index in [9.17, 15) is 20.4 Å². The van der Waals surface area contributed by atoms with E-state index in [1.165, 1.54) is 0 Å². The molecule has 4 N–H and O–H groups in total. The Bertz CT molecular complexity index is 353. The average Bonchev–Trinajstić information content (AvgIpc) is 2.41. The first kappa shape index (κ1) is 26.8. The summed E-state index contributed by atoms with van der Waals surface area (Å²) < 4.78 is 0. The van der Waals surface area contributed by atoms with Crippen LogP contribution in [0.3, 0.4) is 0 Å². The Balaban J connectivity index is 4.62. The lowest BCUT2D eigenvalue weighted by atomic mass is 9.80. The molecule has 6 heteroatoms. The van der Waals surface area contributed by atoms with Crippen LogP contribution in [0.25, 0.3) is 0 Å². The molecule has 0 rings (SSSR count). The standard InChI is InChI=1S/C21H46N2O4/c1-16(11-23(14-19(4)26)15-20(5)27)10-21(6,7)8-9-22(12-17(2)24)13-18(3)25/h16-20,24-27H,8-15H2,1-7H3. The van der Waals surface area contributed by atoms with Crippen LogP contribution in [0.2, 0.25) is 0 Å². The molecular formula is C21H46N2O4. The fourth-order valence-electron chi connectivity index (χ4n) is 3.99. The highest BCUT2D eigenvalue weighted by Crippen LogP contribution is 2.30. The van der Waals surface area contributed by atoms with Gasteiger partial charge in [-0.15, -0.1) is 0 Å². The minimum atomic E-state index is -0.404. The van der Waals surface area contributed by atoms with Gasteiger partial charge < -0.3 is 20.4 Å². The Kier molecular flexibility index (Phi) is 13.0. The maximum Gasteiger partial charge on any atom is 0.0639 e. The van der Waals surface area contributed by atoms with Gasteiger partial charge in [-0.2, -0.15) is 0 Å². The lowest BCUT2D eigenvalue weighted by molar-refractivity contribution is 0.0623. The quantitative estimate of drug-likeness (QED) is 0.339. The summed E-state index contributed by atoms with van der Waals surface area (Å²) in [7, 11) is 0. The van der Waals surface area contributed by atoms with Crippen molar-refractivity contribution in [3.63, 3.8) is 0 Å². The summed E-state index contributed by atoms with van der Waals surface area (Å²) in [5.41, 5.74) is 0.135. The topological polar surface area (TPSA) is 87.4 Å². The molecule has 5 unspecified atom stereocenters. The van der Waals surface area contributed by atoms with Crippen molar-refractivity contribution in [1.29, 1.82) is 0 Å². The zero-order chi connectivity index (χ0) is 21.2. The third kappa shape index (κ3) is 15.4. The summed E-state index contributed by atoms with van der Waals surface area (Å²) in [4.78, 5) is 4.28. The van der Waals surface area contributed by atoms with Gasteiger partial charge in [0.25, 0.3) is 0 Å². The first-order chi connectivity index (χ1) is 12.3. The van der Waals surface area contributed by atoms with E-state index in [4.69, 9.17) is 0 Å². The highest BCUT2D eigenvalue weighted by atomic mass is 16.3. The van der Waals surface area contributed by atoms with Crippen molar-refractivity contribution in [2.75, 3.05) is 39.3 Å². The zero-order valence-corrected chi connectivity index (χ0v) is 18.7. The molecule has 0 aliphatic carbocycles. The maximum absolute atomic E-state index is 9.70. The van der Waals surface area contributed by atoms with E-state index in [0.717, 1.165) is 25.9 Å². The molecule has 0 radical (unpaired) electrons. The van der Waals surface area contributed by atoms with Gasteiger partial charge in [-0.05, 0) is 58.4 Å². The highest BCUT2D eigenvalue weighted by Gasteiger charge is 2.24. The predicted molar refractivity (Wildman–Crippen MR) is 112 cm³/mol. The second kappa shape index (κ2) is 13.1. The van der Waals surface area contributed by atoms with Gasteiger partial charge in [-0.3, -0.25) is 9.80 Å². The van der Waals surface area contributed by atoms with Gasteiger partial charge in [0.05, 0.1) is 24.4 Å². The number of aliphatic hydroxyl groups is 4. The van der Waals surface area contributed by atoms with Gasteiger partial charge in [0.2, 0.25) is 0 Å². The monoisotopic (exact) mass is 390 g/mol. The molecular weight excluding hydrogens is 344 g/mol. The van der Waals surface area contributed by atoms with E-state index in [-0.39, 0.29) is 5.41 Å². The molecule has 0 spiro atoms. The van der Waals surface area contributed by atoms with E-state index in [1.54, 1.807) is 27.7 Å². The number of hydrogen-bond donors (Lipinski definition) is 4. The molecule has 0 fully saturated rings. The fourth-order valence-corrected chi connectivity index (χ4v) is 3.99. The molecule has 0 amide bonds. The number of aliphatic hydroxyl groups excluding tert-OH is 4. The molecule has 0 aromatic rings. The normalized spacial score (nSPS) is 18.6. The minimum Gasteiger partial charge on any atom is -0.392 e. The van der Waals surface area contributed by atoms with Crippen LogP contribution in [-0.4, -0.2) is 93.9 Å². The molecule has 27 heavy (non-hydrogen) atoms. The van der Waals surface area contributed by atoms with Crippen molar-refractivity contribution in [2.24, 2.45) is 11.3 Å². The molecule has 0 aliphatic rings. The molecule has 0 saturated carbocycles. The van der Waals surface area contributed by atoms with E-state index in [0.29, 0.717) is 32.1 Å². The third-order valence-electron chi connectivity index (χ3n) is 4.67. The van der Waals surface area contributed by atoms with Crippen LogP contribution < -0.4 is 0 Å². The van der Waals surface area contributed by atoms with E-state index in [2.05, 4.69) is 30.6 Å². The summed E-state index contributed by atoms with van der Waals surface area (Å²) in [5, 5.41) is 38.8. The smallest absolute Gasteiger partial charge is 0.0639 e. The van der Waals surface area contributed by atoms with Crippen LogP contribution in [0, 0.1) is 11.3 Å². The first-order valence-electron chi connectivity index (χ1n) is 10.5. The summed E-state index contributed by atoms with van der Waals surface area (Å²) >= 11 is 0. The average molecular weight is 391 g/mol. The summed E-state index contributed by atoms with van der Waals surface area (Å²) in [5.74, 6) is 0.444. The molecule has 0 aromatic heterocycles. The lowest BCUT2D eigenvalue weighted by Crippen LogP contribution is -2.40. The molecule has 0 bridgehead atoms. The second-order valence-corrected chi connectivity index (χ2v) is 9.60. The van der Waals surface area contributed by atoms with Crippen LogP contribution in [0.1, 0.15) is 61.3 Å². The first-order valence-corrected chi connectivity index (χ1v) is 10.5. The van der Waals surface area contributed by atoms with Crippen LogP contribution in [0.4, 0.5) is 0 Å². The van der Waals surface area contributed by atoms with Gasteiger partial charge in [0, 0.05) is 32.7 Å². The van der Waals surface area contributed by atoms with Crippen LogP contribution in [-0.2, 0) is 0 Å². The Hall–Kier alpha value is -0.240. The Labute approximate surface area is 167 Å². The number of rotatable bonds is 15. The summed E-state index contributed by atoms with van der Waals surface area (Å²) in [6.45, 7) is 17.9. The van der Waals surface area contributed by atoms with Crippen LogP contribution in [0.15, 0.2) is 0 Å². The molecule has 0 aromatic carbocycles. The molecule has 6 nitrogen and oxygen atoms in total. The largest absolute Gasteiger partial charge is 0.392 e. The van der Waals surface area contributed by atoms with Crippen molar-refractivity contribution in [2.45, 2.75) is 85.7 Å². The van der Waals surface area contributed by atoms with E-state index < -0.39 is 24.4 Å². The van der Waals surface area contributed by atoms with Gasteiger partial charge in [-0.1, -0.05) is 20.8 Å². The molecule has 5 atom stereocenters. The summed E-state index contributed by atoms with van der Waals surface area (Å²) in [6, 6.07) is 0. The molecule has 0 aliphatic heterocycles. The van der Waals surface area contributed by atoms with Crippen molar-refractivity contribution in [3.05, 3.63) is 0 Å². The highest BCUT2D eigenvalue weighted by molar-refractivity contribution is 4.77. The molecule has 0 saturated heterocycles. The molecule has 164 valence electrons. The SMILES string of the molecule is CC(O)CN(CCC(C)(C)CC(C)CN(CC(C)O)CC(C)O)CC(C)O. The fraction of sp³-hybridized carbons (Fsp3) is 1.00. The van der Waals surface area contributed by atoms with Crippen molar-refractivity contribution in [1.82, 2.24) is 9.80 Å². The lowest BCUT2D eigenvalue weighted by Gasteiger charge is -2.34. The second-order valence-electron chi connectivity index (χ2n) is 9.60. The minimum absolute atomic E-state index is 0.135. The van der Waals surface area contributed by atoms with Gasteiger partial charge in [0.15, 0.2) is 0 Å². The van der Waals surface area contributed by atoms with Gasteiger partial charge in [-0.25, -0.2) is 0 Å². The Morgan fingerprint density at radius 3 is 1.37 bits per heavy atom. The van der Waals surface area contributed by atoms with E-state index in [1.807, 2.05) is 0 Å². The maximum atomic E-state index is 9.70. The number of nitrogens with zero attached hydrogens (tertiary/aromatic N) is 2. The van der Waals surface area contributed by atoms with Crippen LogP contribution >= 0.6 is 0 Å². The number of hydrogen-bond acceptors (Lipinski definition) is 6. The third-order valence-corrected chi connectivity index (χ3v) is 4.67.